The molecule has 0 unspecified atom stereocenters. The van der Waals surface area contributed by atoms with Crippen molar-refractivity contribution in [1.29, 1.82) is 0 Å². The molecule has 2 heterocycles. The summed E-state index contributed by atoms with van der Waals surface area (Å²) in [5, 5.41) is 4.03. The van der Waals surface area contributed by atoms with E-state index in [1.807, 2.05) is 24.3 Å². The molecule has 24 heavy (non-hydrogen) atoms. The molecule has 0 atom stereocenters. The van der Waals surface area contributed by atoms with E-state index in [9.17, 15) is 13.2 Å². The number of hydrogen-bond donors (Lipinski definition) is 0. The van der Waals surface area contributed by atoms with E-state index in [4.69, 9.17) is 4.74 Å². The molecule has 126 valence electrons. The number of pyridine rings is 1. The third-order valence-corrected chi connectivity index (χ3v) is 4.02. The van der Waals surface area contributed by atoms with Crippen LogP contribution in [0.4, 0.5) is 13.2 Å². The molecule has 0 bridgehead atoms. The van der Waals surface area contributed by atoms with Crippen LogP contribution < -0.4 is 4.74 Å². The number of aryl methyl sites for hydroxylation is 2. The second-order valence-electron chi connectivity index (χ2n) is 5.33. The number of halogens is 4. The topological polar surface area (TPSA) is 39.9 Å². The van der Waals surface area contributed by atoms with Crippen LogP contribution >= 0.6 is 15.9 Å². The summed E-state index contributed by atoms with van der Waals surface area (Å²) in [7, 11) is 1.56. The summed E-state index contributed by atoms with van der Waals surface area (Å²) in [6, 6.07) is 8.26. The van der Waals surface area contributed by atoms with Gasteiger partial charge in [-0.15, -0.1) is 0 Å². The van der Waals surface area contributed by atoms with Gasteiger partial charge in [0.15, 0.2) is 5.65 Å². The van der Waals surface area contributed by atoms with Crippen molar-refractivity contribution in [3.63, 3.8) is 0 Å². The van der Waals surface area contributed by atoms with Gasteiger partial charge in [0, 0.05) is 17.6 Å². The molecule has 0 N–H and O–H groups in total. The fourth-order valence-electron chi connectivity index (χ4n) is 2.50. The van der Waals surface area contributed by atoms with E-state index in [0.29, 0.717) is 0 Å². The van der Waals surface area contributed by atoms with E-state index in [-0.39, 0.29) is 29.2 Å². The van der Waals surface area contributed by atoms with E-state index in [2.05, 4.69) is 26.0 Å². The number of fused-ring (bicyclic) bond motifs is 1. The highest BCUT2D eigenvalue weighted by Gasteiger charge is 2.35. The maximum absolute atomic E-state index is 13.4. The van der Waals surface area contributed by atoms with Crippen molar-refractivity contribution < 1.29 is 17.9 Å². The van der Waals surface area contributed by atoms with Crippen molar-refractivity contribution in [2.24, 2.45) is 7.05 Å². The van der Waals surface area contributed by atoms with Crippen molar-refractivity contribution in [2.75, 3.05) is 0 Å². The first kappa shape index (κ1) is 16.8. The molecule has 0 fully saturated rings. The minimum absolute atomic E-state index is 0.000180. The molecule has 4 nitrogen and oxygen atoms in total. The molecule has 2 aromatic heterocycles. The predicted molar refractivity (Wildman–Crippen MR) is 86.7 cm³/mol. The van der Waals surface area contributed by atoms with Gasteiger partial charge in [-0.25, -0.2) is 0 Å². The lowest BCUT2D eigenvalue weighted by Gasteiger charge is -2.12. The molecule has 3 aromatic rings. The Morgan fingerprint density at radius 2 is 2.00 bits per heavy atom. The van der Waals surface area contributed by atoms with Crippen LogP contribution in [0.25, 0.3) is 11.0 Å². The van der Waals surface area contributed by atoms with Crippen LogP contribution in [-0.4, -0.2) is 14.8 Å². The van der Waals surface area contributed by atoms with Gasteiger partial charge in [0.25, 0.3) is 0 Å². The SMILES string of the molecule is Cc1nn(C)c2nc(OCc3cccc(Br)c3)cc(C(F)(F)F)c12. The Balaban J connectivity index is 2.01. The van der Waals surface area contributed by atoms with Gasteiger partial charge < -0.3 is 4.74 Å². The number of aromatic nitrogens is 3. The Labute approximate surface area is 144 Å². The smallest absolute Gasteiger partial charge is 0.417 e. The second-order valence-corrected chi connectivity index (χ2v) is 6.25. The quantitative estimate of drug-likeness (QED) is 0.644. The Bertz CT molecular complexity index is 905. The largest absolute Gasteiger partial charge is 0.473 e. The highest BCUT2D eigenvalue weighted by atomic mass is 79.9. The first-order valence-corrected chi connectivity index (χ1v) is 7.84. The number of nitrogens with zero attached hydrogens (tertiary/aromatic N) is 3. The average molecular weight is 400 g/mol. The van der Waals surface area contributed by atoms with Gasteiger partial charge in [-0.1, -0.05) is 28.1 Å². The van der Waals surface area contributed by atoms with Crippen molar-refractivity contribution in [3.05, 3.63) is 51.6 Å². The molecule has 0 saturated carbocycles. The van der Waals surface area contributed by atoms with Crippen molar-refractivity contribution in [2.45, 2.75) is 19.7 Å². The number of benzene rings is 1. The van der Waals surface area contributed by atoms with E-state index in [1.165, 1.54) is 11.6 Å². The number of ether oxygens (including phenoxy) is 1. The van der Waals surface area contributed by atoms with Crippen LogP contribution in [0.3, 0.4) is 0 Å². The molecule has 0 spiro atoms. The fraction of sp³-hybridized carbons (Fsp3) is 0.250. The lowest BCUT2D eigenvalue weighted by atomic mass is 10.1. The maximum atomic E-state index is 13.4. The molecule has 0 aliphatic rings. The number of alkyl halides is 3. The summed E-state index contributed by atoms with van der Waals surface area (Å²) in [5.41, 5.74) is 0.459. The van der Waals surface area contributed by atoms with Gasteiger partial charge in [0.1, 0.15) is 6.61 Å². The number of hydrogen-bond acceptors (Lipinski definition) is 3. The Kier molecular flexibility index (Phi) is 4.25. The van der Waals surface area contributed by atoms with Crippen molar-refractivity contribution >= 4 is 27.0 Å². The minimum atomic E-state index is -4.51. The summed E-state index contributed by atoms with van der Waals surface area (Å²) in [5.74, 6) is -0.0854. The van der Waals surface area contributed by atoms with Crippen LogP contribution in [0.2, 0.25) is 0 Å². The monoisotopic (exact) mass is 399 g/mol. The summed E-state index contributed by atoms with van der Waals surface area (Å²) >= 11 is 3.34. The molecule has 0 aliphatic carbocycles. The van der Waals surface area contributed by atoms with Crippen molar-refractivity contribution in [1.82, 2.24) is 14.8 Å². The zero-order valence-electron chi connectivity index (χ0n) is 12.9. The van der Waals surface area contributed by atoms with Gasteiger partial charge in [0.05, 0.1) is 16.6 Å². The van der Waals surface area contributed by atoms with Crippen LogP contribution in [0.5, 0.6) is 5.88 Å². The zero-order valence-corrected chi connectivity index (χ0v) is 14.4. The first-order chi connectivity index (χ1) is 11.3. The van der Waals surface area contributed by atoms with Crippen LogP contribution in [-0.2, 0) is 19.8 Å². The Morgan fingerprint density at radius 3 is 2.67 bits per heavy atom. The fourth-order valence-corrected chi connectivity index (χ4v) is 2.95. The maximum Gasteiger partial charge on any atom is 0.417 e. The van der Waals surface area contributed by atoms with Gasteiger partial charge in [0.2, 0.25) is 5.88 Å². The van der Waals surface area contributed by atoms with Crippen LogP contribution in [0, 0.1) is 6.92 Å². The van der Waals surface area contributed by atoms with E-state index in [0.717, 1.165) is 16.1 Å². The number of rotatable bonds is 3. The molecule has 1 aromatic carbocycles. The first-order valence-electron chi connectivity index (χ1n) is 7.04. The molecular formula is C16H13BrF3N3O. The average Bonchev–Trinajstić information content (AvgIpc) is 2.78. The Morgan fingerprint density at radius 1 is 1.25 bits per heavy atom. The summed E-state index contributed by atoms with van der Waals surface area (Å²) in [6.45, 7) is 1.65. The third-order valence-electron chi connectivity index (χ3n) is 3.53. The normalized spacial score (nSPS) is 11.9. The highest BCUT2D eigenvalue weighted by Crippen LogP contribution is 2.37. The lowest BCUT2D eigenvalue weighted by molar-refractivity contribution is -0.136. The molecule has 0 radical (unpaired) electrons. The Hall–Kier alpha value is -2.09. The van der Waals surface area contributed by atoms with Crippen molar-refractivity contribution in [3.8, 4) is 5.88 Å². The summed E-state index contributed by atoms with van der Waals surface area (Å²) in [6.07, 6.45) is -4.51. The molecule has 0 amide bonds. The summed E-state index contributed by atoms with van der Waals surface area (Å²) < 4.78 is 47.8. The lowest BCUT2D eigenvalue weighted by Crippen LogP contribution is -2.08. The molecule has 8 heteroatoms. The van der Waals surface area contributed by atoms with Crippen LogP contribution in [0.15, 0.2) is 34.8 Å². The highest BCUT2D eigenvalue weighted by molar-refractivity contribution is 9.10. The second kappa shape index (κ2) is 6.08. The van der Waals surface area contributed by atoms with Gasteiger partial charge in [-0.2, -0.15) is 23.3 Å². The van der Waals surface area contributed by atoms with E-state index < -0.39 is 11.7 Å². The van der Waals surface area contributed by atoms with Crippen LogP contribution in [0.1, 0.15) is 16.8 Å². The standard InChI is InChI=1S/C16H13BrF3N3O/c1-9-14-12(16(18,19)20)7-13(21-15(14)23(2)22-9)24-8-10-4-3-5-11(17)6-10/h3-7H,8H2,1-2H3. The van der Waals surface area contributed by atoms with Gasteiger partial charge in [-0.3, -0.25) is 4.68 Å². The molecule has 0 saturated heterocycles. The minimum Gasteiger partial charge on any atom is -0.473 e. The van der Waals surface area contributed by atoms with E-state index >= 15 is 0 Å². The molecular weight excluding hydrogens is 387 g/mol. The zero-order chi connectivity index (χ0) is 17.5. The third kappa shape index (κ3) is 3.24. The molecule has 0 aliphatic heterocycles. The molecule has 3 rings (SSSR count). The predicted octanol–water partition coefficient (Wildman–Crippen LogP) is 4.64. The van der Waals surface area contributed by atoms with Gasteiger partial charge in [-0.05, 0) is 24.6 Å². The van der Waals surface area contributed by atoms with Gasteiger partial charge >= 0.3 is 6.18 Å². The summed E-state index contributed by atoms with van der Waals surface area (Å²) in [4.78, 5) is 4.17. The van der Waals surface area contributed by atoms with E-state index in [1.54, 1.807) is 7.05 Å².